The molecular formula is C13H15Br2NO4. The fraction of sp³-hybridized carbons (Fsp3) is 0.385. The topological polar surface area (TPSA) is 75.6 Å². The Morgan fingerprint density at radius 2 is 2.05 bits per heavy atom. The molecule has 0 atom stereocenters. The van der Waals surface area contributed by atoms with Crippen molar-refractivity contribution < 1.29 is 19.4 Å². The Bertz CT molecular complexity index is 505. The number of carbonyl (C=O) groups is 2. The standard InChI is InChI=1S/C13H15Br2NO4/c1-2-20-5-3-4-11(17)16-12-9(13(18)19)6-8(14)7-10(12)15/h6-7H,2-5H2,1H3,(H,16,17)(H,18,19). The third kappa shape index (κ3) is 5.22. The second-order valence-electron chi connectivity index (χ2n) is 3.96. The SMILES string of the molecule is CCOCCCC(=O)Nc1c(Br)cc(Br)cc1C(=O)O. The van der Waals surface area contributed by atoms with E-state index in [4.69, 9.17) is 9.84 Å². The van der Waals surface area contributed by atoms with Gasteiger partial charge in [-0.25, -0.2) is 4.79 Å². The van der Waals surface area contributed by atoms with Crippen molar-refractivity contribution in [3.05, 3.63) is 26.6 Å². The van der Waals surface area contributed by atoms with Crippen molar-refractivity contribution in [1.82, 2.24) is 0 Å². The summed E-state index contributed by atoms with van der Waals surface area (Å²) in [5.74, 6) is -1.34. The van der Waals surface area contributed by atoms with Crippen LogP contribution in [0.2, 0.25) is 0 Å². The Labute approximate surface area is 134 Å². The summed E-state index contributed by atoms with van der Waals surface area (Å²) in [4.78, 5) is 23.0. The minimum Gasteiger partial charge on any atom is -0.478 e. The molecule has 110 valence electrons. The molecule has 0 fully saturated rings. The van der Waals surface area contributed by atoms with Gasteiger partial charge in [-0.2, -0.15) is 0 Å². The van der Waals surface area contributed by atoms with Gasteiger partial charge in [0.05, 0.1) is 11.3 Å². The van der Waals surface area contributed by atoms with E-state index in [0.717, 1.165) is 0 Å². The van der Waals surface area contributed by atoms with Gasteiger partial charge in [0.25, 0.3) is 0 Å². The molecule has 1 rings (SSSR count). The van der Waals surface area contributed by atoms with Gasteiger partial charge in [-0.05, 0) is 41.4 Å². The normalized spacial score (nSPS) is 10.3. The summed E-state index contributed by atoms with van der Waals surface area (Å²) in [7, 11) is 0. The van der Waals surface area contributed by atoms with Crippen LogP contribution in [-0.4, -0.2) is 30.2 Å². The summed E-state index contributed by atoms with van der Waals surface area (Å²) in [6, 6.07) is 3.13. The Balaban J connectivity index is 2.76. The second kappa shape index (κ2) is 8.39. The molecule has 1 aromatic rings. The molecule has 0 aliphatic carbocycles. The Morgan fingerprint density at radius 1 is 1.35 bits per heavy atom. The van der Waals surface area contributed by atoms with Crippen LogP contribution >= 0.6 is 31.9 Å². The highest BCUT2D eigenvalue weighted by Gasteiger charge is 2.16. The van der Waals surface area contributed by atoms with Crippen molar-refractivity contribution in [3.8, 4) is 0 Å². The zero-order valence-electron chi connectivity index (χ0n) is 10.9. The van der Waals surface area contributed by atoms with Crippen LogP contribution in [0.5, 0.6) is 0 Å². The quantitative estimate of drug-likeness (QED) is 0.675. The van der Waals surface area contributed by atoms with Crippen LogP contribution < -0.4 is 5.32 Å². The van der Waals surface area contributed by atoms with Gasteiger partial charge < -0.3 is 15.2 Å². The number of hydrogen-bond acceptors (Lipinski definition) is 3. The van der Waals surface area contributed by atoms with Crippen LogP contribution in [0.15, 0.2) is 21.1 Å². The van der Waals surface area contributed by atoms with Crippen LogP contribution in [0.3, 0.4) is 0 Å². The number of hydrogen-bond donors (Lipinski definition) is 2. The monoisotopic (exact) mass is 407 g/mol. The lowest BCUT2D eigenvalue weighted by molar-refractivity contribution is -0.116. The summed E-state index contributed by atoms with van der Waals surface area (Å²) in [5, 5.41) is 11.8. The number of halogens is 2. The van der Waals surface area contributed by atoms with Gasteiger partial charge in [-0.3, -0.25) is 4.79 Å². The number of ether oxygens (including phenoxy) is 1. The van der Waals surface area contributed by atoms with E-state index in [1.165, 1.54) is 6.07 Å². The lowest BCUT2D eigenvalue weighted by Crippen LogP contribution is -2.15. The number of amides is 1. The van der Waals surface area contributed by atoms with Crippen molar-refractivity contribution in [2.45, 2.75) is 19.8 Å². The number of anilines is 1. The van der Waals surface area contributed by atoms with E-state index in [9.17, 15) is 9.59 Å². The van der Waals surface area contributed by atoms with Gasteiger partial charge in [-0.15, -0.1) is 0 Å². The third-order valence-electron chi connectivity index (χ3n) is 2.45. The van der Waals surface area contributed by atoms with Crippen LogP contribution in [0.25, 0.3) is 0 Å². The van der Waals surface area contributed by atoms with Gasteiger partial charge in [0, 0.05) is 28.6 Å². The average molecular weight is 409 g/mol. The van der Waals surface area contributed by atoms with Gasteiger partial charge in [0.15, 0.2) is 0 Å². The fourth-order valence-corrected chi connectivity index (χ4v) is 2.87. The lowest BCUT2D eigenvalue weighted by Gasteiger charge is -2.11. The van der Waals surface area contributed by atoms with Crippen molar-refractivity contribution in [1.29, 1.82) is 0 Å². The predicted octanol–water partition coefficient (Wildman–Crippen LogP) is 3.67. The van der Waals surface area contributed by atoms with E-state index < -0.39 is 5.97 Å². The first-order valence-electron chi connectivity index (χ1n) is 6.05. The number of nitrogens with one attached hydrogen (secondary N) is 1. The minimum atomic E-state index is -1.10. The molecule has 1 amide bonds. The van der Waals surface area contributed by atoms with Crippen LogP contribution in [-0.2, 0) is 9.53 Å². The van der Waals surface area contributed by atoms with E-state index in [1.54, 1.807) is 6.07 Å². The van der Waals surface area contributed by atoms with Crippen molar-refractivity contribution in [3.63, 3.8) is 0 Å². The number of carboxylic acids is 1. The summed E-state index contributed by atoms with van der Waals surface area (Å²) in [6.07, 6.45) is 0.873. The number of benzene rings is 1. The van der Waals surface area contributed by atoms with Crippen LogP contribution in [0, 0.1) is 0 Å². The van der Waals surface area contributed by atoms with E-state index in [0.29, 0.717) is 28.6 Å². The molecule has 0 saturated heterocycles. The summed E-state index contributed by atoms with van der Waals surface area (Å²) in [6.45, 7) is 3.01. The lowest BCUT2D eigenvalue weighted by atomic mass is 10.1. The molecule has 0 aromatic heterocycles. The largest absolute Gasteiger partial charge is 0.478 e. The Kier molecular flexibility index (Phi) is 7.18. The highest BCUT2D eigenvalue weighted by molar-refractivity contribution is 9.11. The van der Waals surface area contributed by atoms with Crippen molar-refractivity contribution in [2.24, 2.45) is 0 Å². The molecule has 0 aliphatic rings. The molecule has 0 heterocycles. The molecule has 7 heteroatoms. The maximum atomic E-state index is 11.8. The summed E-state index contributed by atoms with van der Waals surface area (Å²) < 4.78 is 6.28. The number of carbonyl (C=O) groups excluding carboxylic acids is 1. The van der Waals surface area contributed by atoms with Crippen LogP contribution in [0.1, 0.15) is 30.1 Å². The smallest absolute Gasteiger partial charge is 0.337 e. The highest BCUT2D eigenvalue weighted by Crippen LogP contribution is 2.31. The number of carboxylic acid groups (broad SMARTS) is 1. The Hall–Kier alpha value is -0.920. The molecular weight excluding hydrogens is 394 g/mol. The predicted molar refractivity (Wildman–Crippen MR) is 83.2 cm³/mol. The first kappa shape index (κ1) is 17.1. The average Bonchev–Trinajstić information content (AvgIpc) is 2.37. The fourth-order valence-electron chi connectivity index (χ4n) is 1.55. The minimum absolute atomic E-state index is 0.0319. The number of rotatable bonds is 7. The molecule has 0 unspecified atom stereocenters. The summed E-state index contributed by atoms with van der Waals surface area (Å²) in [5.41, 5.74) is 0.298. The van der Waals surface area contributed by atoms with Crippen LogP contribution in [0.4, 0.5) is 5.69 Å². The molecule has 5 nitrogen and oxygen atoms in total. The third-order valence-corrected chi connectivity index (χ3v) is 3.53. The molecule has 0 radical (unpaired) electrons. The first-order chi connectivity index (χ1) is 9.45. The first-order valence-corrected chi connectivity index (χ1v) is 7.64. The van der Waals surface area contributed by atoms with Crippen molar-refractivity contribution >= 4 is 49.4 Å². The summed E-state index contributed by atoms with van der Waals surface area (Å²) >= 11 is 6.47. The van der Waals surface area contributed by atoms with Crippen molar-refractivity contribution in [2.75, 3.05) is 18.5 Å². The van der Waals surface area contributed by atoms with Gasteiger partial charge in [0.2, 0.25) is 5.91 Å². The molecule has 20 heavy (non-hydrogen) atoms. The van der Waals surface area contributed by atoms with E-state index in [1.807, 2.05) is 6.92 Å². The Morgan fingerprint density at radius 3 is 2.65 bits per heavy atom. The molecule has 2 N–H and O–H groups in total. The molecule has 0 spiro atoms. The molecule has 0 saturated carbocycles. The maximum absolute atomic E-state index is 11.8. The highest BCUT2D eigenvalue weighted by atomic mass is 79.9. The van der Waals surface area contributed by atoms with E-state index in [2.05, 4.69) is 37.2 Å². The maximum Gasteiger partial charge on any atom is 0.337 e. The zero-order chi connectivity index (χ0) is 15.1. The van der Waals surface area contributed by atoms with E-state index >= 15 is 0 Å². The molecule has 0 aliphatic heterocycles. The molecule has 0 bridgehead atoms. The van der Waals surface area contributed by atoms with Gasteiger partial charge in [0.1, 0.15) is 0 Å². The van der Waals surface area contributed by atoms with Gasteiger partial charge >= 0.3 is 5.97 Å². The number of aromatic carboxylic acids is 1. The van der Waals surface area contributed by atoms with Gasteiger partial charge in [-0.1, -0.05) is 15.9 Å². The molecule has 1 aromatic carbocycles. The van der Waals surface area contributed by atoms with E-state index in [-0.39, 0.29) is 23.6 Å². The zero-order valence-corrected chi connectivity index (χ0v) is 14.1. The second-order valence-corrected chi connectivity index (χ2v) is 5.73.